The van der Waals surface area contributed by atoms with Gasteiger partial charge < -0.3 is 9.13 Å². The van der Waals surface area contributed by atoms with Crippen LogP contribution in [0.5, 0.6) is 0 Å². The van der Waals surface area contributed by atoms with Crippen LogP contribution in [0.15, 0.2) is 163 Å². The second-order valence-corrected chi connectivity index (χ2v) is 12.0. The summed E-state index contributed by atoms with van der Waals surface area (Å²) in [6.07, 6.45) is 0. The van der Waals surface area contributed by atoms with Crippen molar-refractivity contribution in [2.45, 2.75) is 0 Å². The lowest BCUT2D eigenvalue weighted by molar-refractivity contribution is 1.17. The van der Waals surface area contributed by atoms with Gasteiger partial charge in [0.25, 0.3) is 0 Å². The largest absolute Gasteiger partial charge is 0.309 e. The van der Waals surface area contributed by atoms with Crippen molar-refractivity contribution in [1.82, 2.24) is 9.13 Å². The molecule has 0 aliphatic rings. The number of aromatic nitrogens is 2. The van der Waals surface area contributed by atoms with E-state index in [1.807, 2.05) is 30.3 Å². The Kier molecular flexibility index (Phi) is 6.31. The Bertz CT molecular complexity index is 2700. The molecule has 7 aromatic carbocycles. The van der Waals surface area contributed by atoms with Gasteiger partial charge in [-0.1, -0.05) is 103 Å². The molecule has 0 saturated carbocycles. The summed E-state index contributed by atoms with van der Waals surface area (Å²) in [5.74, 6) is 0. The third-order valence-corrected chi connectivity index (χ3v) is 9.41. The molecule has 0 N–H and O–H groups in total. The van der Waals surface area contributed by atoms with Gasteiger partial charge in [0.1, 0.15) is 0 Å². The second-order valence-electron chi connectivity index (χ2n) is 12.0. The van der Waals surface area contributed by atoms with Crippen LogP contribution in [-0.2, 0) is 0 Å². The first-order valence-corrected chi connectivity index (χ1v) is 16.0. The number of benzene rings is 7. The molecule has 0 fully saturated rings. The Labute approximate surface area is 277 Å². The van der Waals surface area contributed by atoms with Crippen molar-refractivity contribution in [1.29, 1.82) is 5.26 Å². The van der Waals surface area contributed by atoms with Crippen LogP contribution in [0, 0.1) is 11.3 Å². The molecule has 2 heterocycles. The quantitative estimate of drug-likeness (QED) is 0.178. The van der Waals surface area contributed by atoms with Gasteiger partial charge in [0, 0.05) is 32.7 Å². The van der Waals surface area contributed by atoms with Crippen LogP contribution in [0.3, 0.4) is 0 Å². The van der Waals surface area contributed by atoms with E-state index in [1.165, 1.54) is 10.8 Å². The maximum Gasteiger partial charge on any atom is 0.0991 e. The van der Waals surface area contributed by atoms with E-state index in [0.29, 0.717) is 5.56 Å². The highest BCUT2D eigenvalue weighted by Crippen LogP contribution is 2.45. The molecule has 0 radical (unpaired) electrons. The number of nitriles is 1. The zero-order chi connectivity index (χ0) is 32.2. The van der Waals surface area contributed by atoms with E-state index in [9.17, 15) is 5.26 Å². The Morgan fingerprint density at radius 2 is 1.04 bits per heavy atom. The summed E-state index contributed by atoms with van der Waals surface area (Å²) in [5, 5.41) is 14.3. The van der Waals surface area contributed by atoms with Gasteiger partial charge >= 0.3 is 0 Å². The highest BCUT2D eigenvalue weighted by atomic mass is 15.0. The van der Waals surface area contributed by atoms with Gasteiger partial charge in [0.15, 0.2) is 0 Å². The van der Waals surface area contributed by atoms with Crippen LogP contribution in [-0.4, -0.2) is 15.9 Å². The molecule has 0 unspecified atom stereocenters. The van der Waals surface area contributed by atoms with Crippen LogP contribution < -0.4 is 0 Å². The molecule has 4 heteroatoms. The number of nitrogens with zero attached hydrogens (tertiary/aromatic N) is 4. The lowest BCUT2D eigenvalue weighted by Gasteiger charge is -2.20. The van der Waals surface area contributed by atoms with Crippen molar-refractivity contribution < 1.29 is 0 Å². The average molecular weight is 613 g/mol. The zero-order valence-electron chi connectivity index (χ0n) is 26.0. The lowest BCUT2D eigenvalue weighted by Crippen LogP contribution is -2.01. The highest BCUT2D eigenvalue weighted by Gasteiger charge is 2.22. The van der Waals surface area contributed by atoms with Crippen molar-refractivity contribution >= 4 is 56.0 Å². The fraction of sp³-hybridized carbons (Fsp3) is 0. The molecule has 0 bridgehead atoms. The van der Waals surface area contributed by atoms with Crippen molar-refractivity contribution in [2.75, 3.05) is 0 Å². The van der Waals surface area contributed by atoms with Gasteiger partial charge in [-0.3, -0.25) is 4.99 Å². The summed E-state index contributed by atoms with van der Waals surface area (Å²) in [4.78, 5) is 4.71. The third kappa shape index (κ3) is 4.12. The normalized spacial score (nSPS) is 11.4. The van der Waals surface area contributed by atoms with Gasteiger partial charge in [-0.05, 0) is 72.4 Å². The van der Waals surface area contributed by atoms with Crippen LogP contribution in [0.25, 0.3) is 77.2 Å². The summed E-state index contributed by atoms with van der Waals surface area (Å²) in [6, 6.07) is 57.3. The summed E-state index contributed by atoms with van der Waals surface area (Å²) in [6.45, 7) is 4.10. The molecule has 224 valence electrons. The molecular weight excluding hydrogens is 585 g/mol. The number of para-hydroxylation sites is 4. The molecule has 9 rings (SSSR count). The monoisotopic (exact) mass is 612 g/mol. The van der Waals surface area contributed by atoms with Crippen molar-refractivity contribution in [3.63, 3.8) is 0 Å². The topological polar surface area (TPSA) is 46.0 Å². The van der Waals surface area contributed by atoms with Gasteiger partial charge in [-0.25, -0.2) is 0 Å². The number of fused-ring (bicyclic) bond motifs is 6. The zero-order valence-corrected chi connectivity index (χ0v) is 26.0. The number of hydrogen-bond acceptors (Lipinski definition) is 2. The Hall–Kier alpha value is -6.70. The van der Waals surface area contributed by atoms with Gasteiger partial charge in [-0.15, -0.1) is 0 Å². The number of hydrogen-bond donors (Lipinski definition) is 0. The average Bonchev–Trinajstić information content (AvgIpc) is 3.67. The third-order valence-electron chi connectivity index (χ3n) is 9.41. The minimum atomic E-state index is 0.632. The van der Waals surface area contributed by atoms with Crippen LogP contribution >= 0.6 is 0 Å². The SMILES string of the molecule is C=Nc1cc(-c2ccccc2-n2c3ccccc3c3ccccc32)cc(-c2ccccc2)c1-n1c2ccccc2c2cc(C#N)ccc21. The fourth-order valence-corrected chi connectivity index (χ4v) is 7.35. The van der Waals surface area contributed by atoms with Crippen molar-refractivity contribution in [2.24, 2.45) is 4.99 Å². The standard InChI is InChI=1S/C44H28N4/c1-46-38-27-31(32-15-5-9-19-39(32)47-40-20-10-6-16-33(40)34-17-7-11-21-41(34)47)26-36(30-13-3-2-4-14-30)44(38)48-42-22-12-8-18-35(42)37-25-29(28-45)23-24-43(37)48/h2-27H,1H2. The maximum absolute atomic E-state index is 9.73. The Balaban J connectivity index is 1.37. The molecule has 0 aliphatic heterocycles. The molecule has 0 atom stereocenters. The molecule has 0 saturated heterocycles. The van der Waals surface area contributed by atoms with E-state index in [2.05, 4.69) is 149 Å². The van der Waals surface area contributed by atoms with E-state index in [0.717, 1.165) is 72.2 Å². The predicted molar refractivity (Wildman–Crippen MR) is 200 cm³/mol. The second kappa shape index (κ2) is 11.0. The van der Waals surface area contributed by atoms with Gasteiger partial charge in [0.2, 0.25) is 0 Å². The van der Waals surface area contributed by atoms with Gasteiger partial charge in [0.05, 0.1) is 50.8 Å². The van der Waals surface area contributed by atoms with E-state index >= 15 is 0 Å². The smallest absolute Gasteiger partial charge is 0.0991 e. The Morgan fingerprint density at radius 1 is 0.479 bits per heavy atom. The van der Waals surface area contributed by atoms with E-state index in [4.69, 9.17) is 4.99 Å². The van der Waals surface area contributed by atoms with Crippen LogP contribution in [0.4, 0.5) is 5.69 Å². The maximum atomic E-state index is 9.73. The molecule has 0 aliphatic carbocycles. The van der Waals surface area contributed by atoms with Crippen LogP contribution in [0.2, 0.25) is 0 Å². The first-order chi connectivity index (χ1) is 23.7. The molecule has 4 nitrogen and oxygen atoms in total. The van der Waals surface area contributed by atoms with E-state index in [-0.39, 0.29) is 0 Å². The fourth-order valence-electron chi connectivity index (χ4n) is 7.35. The van der Waals surface area contributed by atoms with E-state index in [1.54, 1.807) is 0 Å². The predicted octanol–water partition coefficient (Wildman–Crippen LogP) is 11.4. The highest BCUT2D eigenvalue weighted by molar-refractivity contribution is 6.12. The molecule has 0 spiro atoms. The molecule has 9 aromatic rings. The summed E-state index contributed by atoms with van der Waals surface area (Å²) < 4.78 is 4.65. The van der Waals surface area contributed by atoms with E-state index < -0.39 is 0 Å². The molecule has 0 amide bonds. The Morgan fingerprint density at radius 3 is 1.71 bits per heavy atom. The molecule has 48 heavy (non-hydrogen) atoms. The van der Waals surface area contributed by atoms with Crippen LogP contribution in [0.1, 0.15) is 5.56 Å². The number of aliphatic imine (C=N–C) groups is 1. The summed E-state index contributed by atoms with van der Waals surface area (Å²) in [7, 11) is 0. The summed E-state index contributed by atoms with van der Waals surface area (Å²) >= 11 is 0. The van der Waals surface area contributed by atoms with Crippen molar-refractivity contribution in [3.8, 4) is 39.7 Å². The lowest BCUT2D eigenvalue weighted by atomic mass is 9.94. The first kappa shape index (κ1) is 27.6. The summed E-state index contributed by atoms with van der Waals surface area (Å²) in [5.41, 5.74) is 12.1. The minimum Gasteiger partial charge on any atom is -0.309 e. The molecule has 2 aromatic heterocycles. The van der Waals surface area contributed by atoms with Crippen molar-refractivity contribution in [3.05, 3.63) is 163 Å². The molecular formula is C44H28N4. The minimum absolute atomic E-state index is 0.632. The van der Waals surface area contributed by atoms with Gasteiger partial charge in [-0.2, -0.15) is 5.26 Å². The number of rotatable bonds is 5. The first-order valence-electron chi connectivity index (χ1n) is 16.0.